The van der Waals surface area contributed by atoms with Crippen molar-refractivity contribution in [3.63, 3.8) is 0 Å². The van der Waals surface area contributed by atoms with Crippen molar-refractivity contribution in [2.24, 2.45) is 5.92 Å². The predicted octanol–water partition coefficient (Wildman–Crippen LogP) is 1.86. The van der Waals surface area contributed by atoms with Gasteiger partial charge < -0.3 is 9.64 Å². The van der Waals surface area contributed by atoms with Crippen LogP contribution in [0.15, 0.2) is 0 Å². The van der Waals surface area contributed by atoms with Crippen LogP contribution in [0.1, 0.15) is 33.6 Å². The first kappa shape index (κ1) is 14.2. The Morgan fingerprint density at radius 3 is 2.38 bits per heavy atom. The average Bonchev–Trinajstić information content (AvgIpc) is 2.59. The molecule has 4 heteroatoms. The Balaban J connectivity index is 0.00000128. The quantitative estimate of drug-likeness (QED) is 0.808. The minimum atomic E-state index is 0. The number of hydrogen-bond donors (Lipinski definition) is 1. The van der Waals surface area contributed by atoms with Crippen LogP contribution in [0.3, 0.4) is 0 Å². The molecule has 2 rings (SSSR count). The minimum absolute atomic E-state index is 0. The van der Waals surface area contributed by atoms with E-state index < -0.39 is 0 Å². The van der Waals surface area contributed by atoms with E-state index >= 15 is 0 Å². The maximum Gasteiger partial charge on any atom is 0.111 e. The zero-order valence-corrected chi connectivity index (χ0v) is 11.5. The summed E-state index contributed by atoms with van der Waals surface area (Å²) in [6.45, 7) is 11.2. The molecule has 16 heavy (non-hydrogen) atoms. The van der Waals surface area contributed by atoms with Crippen LogP contribution in [0.5, 0.6) is 0 Å². The van der Waals surface area contributed by atoms with Gasteiger partial charge in [0.2, 0.25) is 0 Å². The van der Waals surface area contributed by atoms with Gasteiger partial charge in [-0.1, -0.05) is 6.92 Å². The number of hydrogen-bond acceptors (Lipinski definition) is 3. The summed E-state index contributed by atoms with van der Waals surface area (Å²) in [5.41, 5.74) is 0.173. The van der Waals surface area contributed by atoms with Gasteiger partial charge in [-0.2, -0.15) is 0 Å². The van der Waals surface area contributed by atoms with Crippen LogP contribution >= 0.6 is 12.4 Å². The Morgan fingerprint density at radius 1 is 1.31 bits per heavy atom. The van der Waals surface area contributed by atoms with Gasteiger partial charge in [0.25, 0.3) is 0 Å². The molecule has 1 atom stereocenters. The summed E-state index contributed by atoms with van der Waals surface area (Å²) in [4.78, 5) is 2.52. The molecule has 2 heterocycles. The van der Waals surface area contributed by atoms with E-state index in [1.165, 1.54) is 32.5 Å². The van der Waals surface area contributed by atoms with Crippen molar-refractivity contribution in [3.8, 4) is 0 Å². The van der Waals surface area contributed by atoms with E-state index in [-0.39, 0.29) is 17.9 Å². The zero-order valence-electron chi connectivity index (χ0n) is 10.7. The van der Waals surface area contributed by atoms with Gasteiger partial charge >= 0.3 is 0 Å². The van der Waals surface area contributed by atoms with Gasteiger partial charge in [-0.05, 0) is 46.3 Å². The van der Waals surface area contributed by atoms with Gasteiger partial charge in [-0.15, -0.1) is 12.4 Å². The van der Waals surface area contributed by atoms with Crippen molar-refractivity contribution in [2.45, 2.75) is 45.4 Å². The van der Waals surface area contributed by atoms with E-state index in [1.807, 2.05) is 0 Å². The number of nitrogens with one attached hydrogen (secondary N) is 1. The second-order valence-electron chi connectivity index (χ2n) is 5.53. The normalized spacial score (nSPS) is 31.3. The number of ether oxygens (including phenoxy) is 1. The van der Waals surface area contributed by atoms with E-state index in [9.17, 15) is 0 Å². The van der Waals surface area contributed by atoms with Crippen molar-refractivity contribution in [1.29, 1.82) is 0 Å². The summed E-state index contributed by atoms with van der Waals surface area (Å²) in [5.74, 6) is 0.717. The second-order valence-corrected chi connectivity index (χ2v) is 5.53. The Hall–Kier alpha value is 0.170. The summed E-state index contributed by atoms with van der Waals surface area (Å²) in [6.07, 6.45) is 2.86. The Kier molecular flexibility index (Phi) is 5.05. The Labute approximate surface area is 105 Å². The molecule has 2 aliphatic heterocycles. The Bertz CT molecular complexity index is 215. The summed E-state index contributed by atoms with van der Waals surface area (Å²) >= 11 is 0. The van der Waals surface area contributed by atoms with Crippen LogP contribution in [0.4, 0.5) is 0 Å². The highest BCUT2D eigenvalue weighted by molar-refractivity contribution is 5.85. The molecule has 1 unspecified atom stereocenters. The second kappa shape index (κ2) is 5.67. The summed E-state index contributed by atoms with van der Waals surface area (Å²) in [5, 5.41) is 3.59. The van der Waals surface area contributed by atoms with Gasteiger partial charge in [-0.3, -0.25) is 5.32 Å². The molecule has 0 amide bonds. The molecule has 0 saturated carbocycles. The molecule has 0 aromatic heterocycles. The lowest BCUT2D eigenvalue weighted by atomic mass is 9.94. The molecular formula is C12H25ClN2O. The Morgan fingerprint density at radius 2 is 1.94 bits per heavy atom. The van der Waals surface area contributed by atoms with Crippen LogP contribution < -0.4 is 5.32 Å². The molecule has 2 saturated heterocycles. The molecule has 0 aliphatic carbocycles. The highest BCUT2D eigenvalue weighted by Crippen LogP contribution is 2.26. The molecule has 0 bridgehead atoms. The van der Waals surface area contributed by atoms with Crippen LogP contribution in [0.25, 0.3) is 0 Å². The third-order valence-electron chi connectivity index (χ3n) is 3.66. The van der Waals surface area contributed by atoms with E-state index in [2.05, 4.69) is 31.0 Å². The smallest absolute Gasteiger partial charge is 0.111 e. The number of nitrogens with zero attached hydrogens (tertiary/aromatic N) is 1. The number of rotatable bonds is 2. The molecule has 3 nitrogen and oxygen atoms in total. The van der Waals surface area contributed by atoms with Crippen LogP contribution in [-0.2, 0) is 4.74 Å². The van der Waals surface area contributed by atoms with Crippen LogP contribution in [0.2, 0.25) is 0 Å². The third-order valence-corrected chi connectivity index (χ3v) is 3.66. The molecule has 1 N–H and O–H groups in total. The molecule has 96 valence electrons. The highest BCUT2D eigenvalue weighted by Gasteiger charge is 2.36. The maximum atomic E-state index is 5.85. The van der Waals surface area contributed by atoms with E-state index in [4.69, 9.17) is 4.74 Å². The maximum absolute atomic E-state index is 5.85. The molecule has 2 aliphatic rings. The van der Waals surface area contributed by atoms with Gasteiger partial charge in [0.05, 0.1) is 6.61 Å². The van der Waals surface area contributed by atoms with Crippen molar-refractivity contribution in [1.82, 2.24) is 10.2 Å². The fraction of sp³-hybridized carbons (Fsp3) is 1.00. The van der Waals surface area contributed by atoms with Crippen molar-refractivity contribution < 1.29 is 4.74 Å². The van der Waals surface area contributed by atoms with Gasteiger partial charge in [-0.25, -0.2) is 0 Å². The van der Waals surface area contributed by atoms with Crippen LogP contribution in [-0.4, -0.2) is 42.9 Å². The highest BCUT2D eigenvalue weighted by atomic mass is 35.5. The number of halogens is 1. The van der Waals surface area contributed by atoms with Gasteiger partial charge in [0, 0.05) is 11.5 Å². The molecule has 0 aromatic carbocycles. The molecule has 2 fully saturated rings. The first-order valence-corrected chi connectivity index (χ1v) is 6.22. The standard InChI is InChI=1S/C12H24N2O.ClH/c1-4-14-7-5-10(6-8-14)11-13-12(2,3)9-15-11;/h10-11,13H,4-9H2,1-3H3;1H. The fourth-order valence-corrected chi connectivity index (χ4v) is 2.59. The summed E-state index contributed by atoms with van der Waals surface area (Å²) < 4.78 is 5.85. The predicted molar refractivity (Wildman–Crippen MR) is 69.0 cm³/mol. The number of likely N-dealkylation sites (tertiary alicyclic amines) is 1. The van der Waals surface area contributed by atoms with Crippen molar-refractivity contribution in [2.75, 3.05) is 26.2 Å². The summed E-state index contributed by atoms with van der Waals surface area (Å²) in [7, 11) is 0. The van der Waals surface area contributed by atoms with Gasteiger partial charge in [0.1, 0.15) is 6.23 Å². The fourth-order valence-electron chi connectivity index (χ4n) is 2.59. The lowest BCUT2D eigenvalue weighted by molar-refractivity contribution is 0.0225. The number of piperidine rings is 1. The lowest BCUT2D eigenvalue weighted by Crippen LogP contribution is -2.45. The molecule has 0 aromatic rings. The first-order valence-electron chi connectivity index (χ1n) is 6.22. The topological polar surface area (TPSA) is 24.5 Å². The molecular weight excluding hydrogens is 224 g/mol. The lowest BCUT2D eigenvalue weighted by Gasteiger charge is -2.34. The largest absolute Gasteiger partial charge is 0.361 e. The summed E-state index contributed by atoms with van der Waals surface area (Å²) in [6, 6.07) is 0. The first-order chi connectivity index (χ1) is 7.11. The zero-order chi connectivity index (χ0) is 10.9. The third kappa shape index (κ3) is 3.33. The average molecular weight is 249 g/mol. The monoisotopic (exact) mass is 248 g/mol. The van der Waals surface area contributed by atoms with E-state index in [1.54, 1.807) is 0 Å². The van der Waals surface area contributed by atoms with Crippen molar-refractivity contribution >= 4 is 12.4 Å². The molecule has 0 radical (unpaired) electrons. The van der Waals surface area contributed by atoms with Gasteiger partial charge in [0.15, 0.2) is 0 Å². The van der Waals surface area contributed by atoms with E-state index in [0.29, 0.717) is 6.23 Å². The SMILES string of the molecule is CCN1CCC(C2NC(C)(C)CO2)CC1.Cl. The van der Waals surface area contributed by atoms with Crippen LogP contribution in [0, 0.1) is 5.92 Å². The van der Waals surface area contributed by atoms with E-state index in [0.717, 1.165) is 12.5 Å². The van der Waals surface area contributed by atoms with Crippen molar-refractivity contribution in [3.05, 3.63) is 0 Å². The molecule has 0 spiro atoms. The minimum Gasteiger partial charge on any atom is -0.361 e.